The van der Waals surface area contributed by atoms with Gasteiger partial charge in [-0.1, -0.05) is 61.0 Å². The quantitative estimate of drug-likeness (QED) is 0.442. The summed E-state index contributed by atoms with van der Waals surface area (Å²) in [5, 5.41) is 3.44. The lowest BCUT2D eigenvalue weighted by atomic mass is 9.95. The van der Waals surface area contributed by atoms with Crippen molar-refractivity contribution in [3.8, 4) is 0 Å². The highest BCUT2D eigenvalue weighted by Gasteiger charge is 2.43. The predicted octanol–water partition coefficient (Wildman–Crippen LogP) is 4.02. The minimum atomic E-state index is -3.99. The lowest BCUT2D eigenvalue weighted by Crippen LogP contribution is -2.49. The Hall–Kier alpha value is -2.69. The van der Waals surface area contributed by atoms with Crippen LogP contribution in [0.25, 0.3) is 0 Å². The maximum absolute atomic E-state index is 14.1. The van der Waals surface area contributed by atoms with Gasteiger partial charge in [-0.2, -0.15) is 4.31 Å². The van der Waals surface area contributed by atoms with Crippen LogP contribution in [-0.4, -0.2) is 67.5 Å². The first-order chi connectivity index (χ1) is 18.8. The summed E-state index contributed by atoms with van der Waals surface area (Å²) < 4.78 is 37.2. The molecule has 0 radical (unpaired) electrons. The molecule has 1 saturated heterocycles. The Morgan fingerprint density at radius 2 is 1.77 bits per heavy atom. The second-order valence-electron chi connectivity index (χ2n) is 10.2. The van der Waals surface area contributed by atoms with E-state index in [0.29, 0.717) is 31.9 Å². The minimum absolute atomic E-state index is 0.0961. The third-order valence-corrected chi connectivity index (χ3v) is 10.2. The number of morpholine rings is 1. The van der Waals surface area contributed by atoms with Crippen molar-refractivity contribution < 1.29 is 17.9 Å². The van der Waals surface area contributed by atoms with E-state index in [2.05, 4.69) is 10.2 Å². The van der Waals surface area contributed by atoms with Crippen LogP contribution in [0.4, 0.5) is 0 Å². The van der Waals surface area contributed by atoms with Gasteiger partial charge in [-0.3, -0.25) is 9.69 Å². The van der Waals surface area contributed by atoms with Crippen LogP contribution in [0.5, 0.6) is 0 Å². The molecule has 2 aliphatic heterocycles. The van der Waals surface area contributed by atoms with Crippen LogP contribution in [0.3, 0.4) is 0 Å². The number of nitrogens with one attached hydrogen (secondary N) is 1. The van der Waals surface area contributed by atoms with Crippen molar-refractivity contribution in [2.24, 2.45) is 5.92 Å². The number of carbonyl (C=O) groups excluding carboxylic acids is 1. The standard InChI is InChI=1S/C29H35ClN4O4S/c1-21-8-6-11-24(30)28(21)39(36,37)34-15-14-33-13-7-12-26(33)27(34)22(2)29(35)31-25(23-9-4-3-5-10-23)20-32-16-18-38-19-17-32/h3-13,22,25,27H,14-20H2,1-2H3,(H,31,35). The smallest absolute Gasteiger partial charge is 0.245 e. The Morgan fingerprint density at radius 3 is 2.49 bits per heavy atom. The third-order valence-electron chi connectivity index (χ3n) is 7.72. The molecule has 3 unspecified atom stereocenters. The van der Waals surface area contributed by atoms with Crippen molar-refractivity contribution in [1.29, 1.82) is 0 Å². The zero-order chi connectivity index (χ0) is 27.6. The van der Waals surface area contributed by atoms with E-state index in [0.717, 1.165) is 24.3 Å². The number of fused-ring (bicyclic) bond motifs is 1. The van der Waals surface area contributed by atoms with E-state index >= 15 is 0 Å². The van der Waals surface area contributed by atoms with Gasteiger partial charge in [0.2, 0.25) is 15.9 Å². The van der Waals surface area contributed by atoms with Crippen LogP contribution in [0.2, 0.25) is 5.02 Å². The largest absolute Gasteiger partial charge is 0.379 e. The number of aromatic nitrogens is 1. The number of rotatable bonds is 8. The SMILES string of the molecule is Cc1cccc(Cl)c1S(=O)(=O)N1CCn2cccc2C1C(C)C(=O)NC(CN1CCOCC1)c1ccccc1. The van der Waals surface area contributed by atoms with Crippen molar-refractivity contribution in [3.05, 3.63) is 88.7 Å². The number of benzene rings is 2. The lowest BCUT2D eigenvalue weighted by molar-refractivity contribution is -0.127. The number of carbonyl (C=O) groups is 1. The van der Waals surface area contributed by atoms with Gasteiger partial charge in [0.25, 0.3) is 0 Å². The molecule has 1 N–H and O–H groups in total. The number of hydrogen-bond acceptors (Lipinski definition) is 5. The topological polar surface area (TPSA) is 83.9 Å². The molecule has 1 fully saturated rings. The summed E-state index contributed by atoms with van der Waals surface area (Å²) in [6.07, 6.45) is 1.93. The maximum atomic E-state index is 14.1. The first-order valence-corrected chi connectivity index (χ1v) is 15.2. The Labute approximate surface area is 235 Å². The summed E-state index contributed by atoms with van der Waals surface area (Å²) in [5.41, 5.74) is 2.38. The van der Waals surface area contributed by atoms with Crippen LogP contribution in [-0.2, 0) is 26.1 Å². The maximum Gasteiger partial charge on any atom is 0.245 e. The van der Waals surface area contributed by atoms with Crippen molar-refractivity contribution in [2.45, 2.75) is 37.4 Å². The molecule has 39 heavy (non-hydrogen) atoms. The summed E-state index contributed by atoms with van der Waals surface area (Å²) in [6.45, 7) is 7.87. The van der Waals surface area contributed by atoms with Crippen LogP contribution in [0.1, 0.15) is 35.8 Å². The van der Waals surface area contributed by atoms with Gasteiger partial charge >= 0.3 is 0 Å². The van der Waals surface area contributed by atoms with E-state index in [-0.39, 0.29) is 28.4 Å². The molecule has 10 heteroatoms. The zero-order valence-corrected chi connectivity index (χ0v) is 23.9. The fraction of sp³-hybridized carbons (Fsp3) is 0.414. The molecular weight excluding hydrogens is 536 g/mol. The Kier molecular flexibility index (Phi) is 8.44. The fourth-order valence-corrected chi connectivity index (χ4v) is 8.09. The number of hydrogen-bond donors (Lipinski definition) is 1. The van der Waals surface area contributed by atoms with Crippen LogP contribution < -0.4 is 5.32 Å². The molecular formula is C29H35ClN4O4S. The van der Waals surface area contributed by atoms with Gasteiger partial charge in [-0.15, -0.1) is 0 Å². The van der Waals surface area contributed by atoms with Crippen LogP contribution in [0, 0.1) is 12.8 Å². The number of halogens is 1. The van der Waals surface area contributed by atoms with Gasteiger partial charge in [-0.25, -0.2) is 8.42 Å². The number of aryl methyl sites for hydroxylation is 1. The van der Waals surface area contributed by atoms with E-state index in [9.17, 15) is 13.2 Å². The number of amides is 1. The average Bonchev–Trinajstić information content (AvgIpc) is 3.42. The lowest BCUT2D eigenvalue weighted by Gasteiger charge is -2.39. The molecule has 8 nitrogen and oxygen atoms in total. The zero-order valence-electron chi connectivity index (χ0n) is 22.3. The van der Waals surface area contributed by atoms with Crippen molar-refractivity contribution >= 4 is 27.5 Å². The first-order valence-electron chi connectivity index (χ1n) is 13.3. The highest BCUT2D eigenvalue weighted by atomic mass is 35.5. The summed E-state index contributed by atoms with van der Waals surface area (Å²) >= 11 is 6.43. The molecule has 3 heterocycles. The summed E-state index contributed by atoms with van der Waals surface area (Å²) in [7, 11) is -3.99. The van der Waals surface area contributed by atoms with E-state index in [1.807, 2.05) is 53.2 Å². The second-order valence-corrected chi connectivity index (χ2v) is 12.5. The molecule has 5 rings (SSSR count). The molecule has 0 aliphatic carbocycles. The monoisotopic (exact) mass is 570 g/mol. The van der Waals surface area contributed by atoms with Gasteiger partial charge in [0, 0.05) is 44.6 Å². The van der Waals surface area contributed by atoms with E-state index in [1.54, 1.807) is 32.0 Å². The van der Waals surface area contributed by atoms with Gasteiger partial charge in [0.15, 0.2) is 0 Å². The van der Waals surface area contributed by atoms with Crippen molar-refractivity contribution in [2.75, 3.05) is 39.4 Å². The summed E-state index contributed by atoms with van der Waals surface area (Å²) in [6, 6.07) is 17.8. The number of nitrogens with zero attached hydrogens (tertiary/aromatic N) is 3. The molecule has 208 valence electrons. The minimum Gasteiger partial charge on any atom is -0.379 e. The molecule has 0 bridgehead atoms. The highest BCUT2D eigenvalue weighted by molar-refractivity contribution is 7.89. The number of sulfonamides is 1. The number of ether oxygens (including phenoxy) is 1. The molecule has 0 spiro atoms. The molecule has 0 saturated carbocycles. The Balaban J connectivity index is 1.46. The second kappa shape index (κ2) is 11.8. The van der Waals surface area contributed by atoms with Gasteiger partial charge in [0.05, 0.1) is 36.2 Å². The average molecular weight is 571 g/mol. The Bertz CT molecular complexity index is 1390. The van der Waals surface area contributed by atoms with E-state index < -0.39 is 22.0 Å². The third kappa shape index (κ3) is 5.78. The van der Waals surface area contributed by atoms with Crippen LogP contribution >= 0.6 is 11.6 Å². The highest BCUT2D eigenvalue weighted by Crippen LogP contribution is 2.39. The first kappa shape index (κ1) is 27.9. The summed E-state index contributed by atoms with van der Waals surface area (Å²) in [5.74, 6) is -0.861. The molecule has 2 aliphatic rings. The molecule has 3 aromatic rings. The van der Waals surface area contributed by atoms with Gasteiger partial charge in [-0.05, 0) is 36.2 Å². The predicted molar refractivity (Wildman–Crippen MR) is 151 cm³/mol. The van der Waals surface area contributed by atoms with E-state index in [1.165, 1.54) is 4.31 Å². The summed E-state index contributed by atoms with van der Waals surface area (Å²) in [4.78, 5) is 16.3. The normalized spacial score (nSPS) is 20.2. The Morgan fingerprint density at radius 1 is 1.03 bits per heavy atom. The van der Waals surface area contributed by atoms with Crippen molar-refractivity contribution in [3.63, 3.8) is 0 Å². The van der Waals surface area contributed by atoms with Gasteiger partial charge < -0.3 is 14.6 Å². The molecule has 3 atom stereocenters. The molecule has 1 amide bonds. The fourth-order valence-electron chi connectivity index (χ4n) is 5.64. The van der Waals surface area contributed by atoms with E-state index in [4.69, 9.17) is 16.3 Å². The van der Waals surface area contributed by atoms with Gasteiger partial charge in [0.1, 0.15) is 4.90 Å². The molecule has 2 aromatic carbocycles. The van der Waals surface area contributed by atoms with Crippen LogP contribution in [0.15, 0.2) is 71.8 Å². The van der Waals surface area contributed by atoms with Crippen molar-refractivity contribution in [1.82, 2.24) is 19.1 Å². The molecule has 1 aromatic heterocycles.